The number of hydrogen-bond donors (Lipinski definition) is 0. The van der Waals surface area contributed by atoms with Gasteiger partial charge in [-0.3, -0.25) is 14.5 Å². The molecule has 0 bridgehead atoms. The van der Waals surface area contributed by atoms with Gasteiger partial charge in [0.2, 0.25) is 5.91 Å². The summed E-state index contributed by atoms with van der Waals surface area (Å²) < 4.78 is 5.09. The average molecular weight is 282 g/mol. The highest BCUT2D eigenvalue weighted by atomic mass is 16.5. The summed E-state index contributed by atoms with van der Waals surface area (Å²) in [7, 11) is 0. The molecule has 0 saturated carbocycles. The number of amides is 1. The summed E-state index contributed by atoms with van der Waals surface area (Å²) in [4.78, 5) is 28.1. The molecule has 1 atom stereocenters. The molecule has 2 rings (SSSR count). The predicted molar refractivity (Wildman–Crippen MR) is 76.2 cm³/mol. The van der Waals surface area contributed by atoms with Crippen LogP contribution in [0.4, 0.5) is 0 Å². The topological polar surface area (TPSA) is 49.9 Å². The van der Waals surface area contributed by atoms with E-state index in [1.807, 2.05) is 11.8 Å². The summed E-state index contributed by atoms with van der Waals surface area (Å²) >= 11 is 0. The first-order chi connectivity index (χ1) is 9.70. The second-order valence-electron chi connectivity index (χ2n) is 5.77. The first-order valence-corrected chi connectivity index (χ1v) is 7.87. The Balaban J connectivity index is 1.79. The fourth-order valence-corrected chi connectivity index (χ4v) is 3.09. The lowest BCUT2D eigenvalue weighted by molar-refractivity contribution is -0.150. The van der Waals surface area contributed by atoms with Gasteiger partial charge in [-0.1, -0.05) is 0 Å². The van der Waals surface area contributed by atoms with Gasteiger partial charge in [0.15, 0.2) is 0 Å². The van der Waals surface area contributed by atoms with Gasteiger partial charge in [0.05, 0.1) is 19.1 Å². The van der Waals surface area contributed by atoms with E-state index >= 15 is 0 Å². The molecule has 114 valence electrons. The van der Waals surface area contributed by atoms with E-state index in [9.17, 15) is 9.59 Å². The van der Waals surface area contributed by atoms with E-state index in [2.05, 4.69) is 4.90 Å². The maximum Gasteiger partial charge on any atom is 0.310 e. The monoisotopic (exact) mass is 282 g/mol. The number of ether oxygens (including phenoxy) is 1. The second-order valence-corrected chi connectivity index (χ2v) is 5.77. The largest absolute Gasteiger partial charge is 0.466 e. The first kappa shape index (κ1) is 15.3. The number of esters is 1. The molecule has 2 aliphatic rings. The molecule has 0 unspecified atom stereocenters. The first-order valence-electron chi connectivity index (χ1n) is 7.87. The molecule has 2 saturated heterocycles. The Morgan fingerprint density at radius 3 is 2.55 bits per heavy atom. The Hall–Kier alpha value is -1.10. The Morgan fingerprint density at radius 1 is 1.10 bits per heavy atom. The Bertz CT molecular complexity index is 340. The van der Waals surface area contributed by atoms with Gasteiger partial charge in [-0.05, 0) is 45.6 Å². The molecule has 20 heavy (non-hydrogen) atoms. The van der Waals surface area contributed by atoms with E-state index in [4.69, 9.17) is 4.74 Å². The van der Waals surface area contributed by atoms with E-state index in [0.29, 0.717) is 19.7 Å². The minimum atomic E-state index is -0.109. The lowest BCUT2D eigenvalue weighted by Gasteiger charge is -2.33. The van der Waals surface area contributed by atoms with E-state index in [1.54, 1.807) is 0 Å². The summed E-state index contributed by atoms with van der Waals surface area (Å²) in [5.74, 6) is 0.0506. The fourth-order valence-electron chi connectivity index (χ4n) is 3.09. The Labute approximate surface area is 121 Å². The van der Waals surface area contributed by atoms with Crippen molar-refractivity contribution in [2.75, 3.05) is 39.3 Å². The van der Waals surface area contributed by atoms with Gasteiger partial charge in [-0.25, -0.2) is 0 Å². The van der Waals surface area contributed by atoms with Crippen molar-refractivity contribution in [3.63, 3.8) is 0 Å². The third kappa shape index (κ3) is 4.20. The lowest BCUT2D eigenvalue weighted by atomic mass is 9.98. The van der Waals surface area contributed by atoms with Crippen LogP contribution in [0, 0.1) is 5.92 Å². The van der Waals surface area contributed by atoms with Gasteiger partial charge >= 0.3 is 5.97 Å². The summed E-state index contributed by atoms with van der Waals surface area (Å²) in [5, 5.41) is 0. The number of hydrogen-bond acceptors (Lipinski definition) is 4. The molecule has 5 nitrogen and oxygen atoms in total. The molecule has 0 aliphatic carbocycles. The zero-order valence-electron chi connectivity index (χ0n) is 12.5. The standard InChI is InChI=1S/C15H26N2O3/c1-2-20-15(19)13-7-6-8-16(11-13)12-14(18)17-9-4-3-5-10-17/h13H,2-12H2,1H3/t13-/m1/s1. The van der Waals surface area contributed by atoms with Crippen LogP contribution in [0.2, 0.25) is 0 Å². The maximum atomic E-state index is 12.2. The van der Waals surface area contributed by atoms with E-state index < -0.39 is 0 Å². The second kappa shape index (κ2) is 7.62. The van der Waals surface area contributed by atoms with Crippen LogP contribution in [0.15, 0.2) is 0 Å². The molecule has 5 heteroatoms. The molecule has 0 aromatic rings. The SMILES string of the molecule is CCOC(=O)[C@@H]1CCCN(CC(=O)N2CCCCC2)C1. The number of likely N-dealkylation sites (tertiary alicyclic amines) is 2. The molecule has 0 spiro atoms. The van der Waals surface area contributed by atoms with Crippen molar-refractivity contribution in [2.45, 2.75) is 39.0 Å². The van der Waals surface area contributed by atoms with Crippen LogP contribution >= 0.6 is 0 Å². The zero-order chi connectivity index (χ0) is 14.4. The van der Waals surface area contributed by atoms with Crippen molar-refractivity contribution >= 4 is 11.9 Å². The van der Waals surface area contributed by atoms with Crippen LogP contribution in [0.3, 0.4) is 0 Å². The molecule has 2 aliphatic heterocycles. The van der Waals surface area contributed by atoms with E-state index in [1.165, 1.54) is 6.42 Å². The molecule has 1 amide bonds. The molecule has 0 radical (unpaired) electrons. The minimum absolute atomic E-state index is 0.0575. The number of piperidine rings is 2. The minimum Gasteiger partial charge on any atom is -0.466 e. The number of carbonyl (C=O) groups is 2. The van der Waals surface area contributed by atoms with Gasteiger partial charge < -0.3 is 9.64 Å². The Kier molecular flexibility index (Phi) is 5.83. The zero-order valence-corrected chi connectivity index (χ0v) is 12.5. The fraction of sp³-hybridized carbons (Fsp3) is 0.867. The summed E-state index contributed by atoms with van der Waals surface area (Å²) in [6, 6.07) is 0. The molecule has 2 heterocycles. The van der Waals surface area contributed by atoms with Crippen LogP contribution in [0.1, 0.15) is 39.0 Å². The Morgan fingerprint density at radius 2 is 1.85 bits per heavy atom. The highest BCUT2D eigenvalue weighted by molar-refractivity contribution is 5.78. The predicted octanol–water partition coefficient (Wildman–Crippen LogP) is 1.27. The van der Waals surface area contributed by atoms with Gasteiger partial charge in [0.25, 0.3) is 0 Å². The number of rotatable bonds is 4. The van der Waals surface area contributed by atoms with Crippen molar-refractivity contribution in [1.82, 2.24) is 9.80 Å². The van der Waals surface area contributed by atoms with Crippen LogP contribution in [0.25, 0.3) is 0 Å². The number of nitrogens with zero attached hydrogens (tertiary/aromatic N) is 2. The summed E-state index contributed by atoms with van der Waals surface area (Å²) in [6.07, 6.45) is 5.33. The molecule has 0 aromatic carbocycles. The highest BCUT2D eigenvalue weighted by Gasteiger charge is 2.28. The van der Waals surface area contributed by atoms with Crippen molar-refractivity contribution in [3.05, 3.63) is 0 Å². The molecular weight excluding hydrogens is 256 g/mol. The van der Waals surface area contributed by atoms with E-state index in [-0.39, 0.29) is 17.8 Å². The smallest absolute Gasteiger partial charge is 0.310 e. The average Bonchev–Trinajstić information content (AvgIpc) is 2.48. The van der Waals surface area contributed by atoms with Crippen LogP contribution < -0.4 is 0 Å². The van der Waals surface area contributed by atoms with Crippen molar-refractivity contribution in [3.8, 4) is 0 Å². The summed E-state index contributed by atoms with van der Waals surface area (Å²) in [6.45, 7) is 6.09. The summed E-state index contributed by atoms with van der Waals surface area (Å²) in [5.41, 5.74) is 0. The quantitative estimate of drug-likeness (QED) is 0.729. The van der Waals surface area contributed by atoms with Gasteiger partial charge in [-0.2, -0.15) is 0 Å². The van der Waals surface area contributed by atoms with Crippen LogP contribution in [0.5, 0.6) is 0 Å². The molecule has 0 N–H and O–H groups in total. The van der Waals surface area contributed by atoms with Gasteiger partial charge in [-0.15, -0.1) is 0 Å². The van der Waals surface area contributed by atoms with Gasteiger partial charge in [0.1, 0.15) is 0 Å². The van der Waals surface area contributed by atoms with Gasteiger partial charge in [0, 0.05) is 19.6 Å². The molecule has 2 fully saturated rings. The van der Waals surface area contributed by atoms with Crippen molar-refractivity contribution in [1.29, 1.82) is 0 Å². The van der Waals surface area contributed by atoms with Crippen LogP contribution in [-0.4, -0.2) is 61.0 Å². The number of carbonyl (C=O) groups excluding carboxylic acids is 2. The maximum absolute atomic E-state index is 12.2. The third-order valence-electron chi connectivity index (χ3n) is 4.19. The molecular formula is C15H26N2O3. The lowest BCUT2D eigenvalue weighted by Crippen LogP contribution is -2.47. The highest BCUT2D eigenvalue weighted by Crippen LogP contribution is 2.18. The third-order valence-corrected chi connectivity index (χ3v) is 4.19. The molecule has 0 aromatic heterocycles. The van der Waals surface area contributed by atoms with Crippen molar-refractivity contribution in [2.24, 2.45) is 5.92 Å². The van der Waals surface area contributed by atoms with E-state index in [0.717, 1.165) is 45.3 Å². The van der Waals surface area contributed by atoms with Crippen molar-refractivity contribution < 1.29 is 14.3 Å². The van der Waals surface area contributed by atoms with Crippen LogP contribution in [-0.2, 0) is 14.3 Å². The normalized spacial score (nSPS) is 24.4.